The van der Waals surface area contributed by atoms with Gasteiger partial charge in [0, 0.05) is 26.1 Å². The van der Waals surface area contributed by atoms with E-state index in [0.717, 1.165) is 12.1 Å². The van der Waals surface area contributed by atoms with Crippen LogP contribution in [0.25, 0.3) is 21.2 Å². The molecule has 0 aliphatic rings. The molecule has 104 valence electrons. The van der Waals surface area contributed by atoms with E-state index in [9.17, 15) is 0 Å². The first-order valence-electron chi connectivity index (χ1n) is 6.44. The van der Waals surface area contributed by atoms with Crippen LogP contribution in [0.15, 0.2) is 36.4 Å². The lowest BCUT2D eigenvalue weighted by Crippen LogP contribution is -1.97. The van der Waals surface area contributed by atoms with Gasteiger partial charge in [-0.3, -0.25) is 0 Å². The van der Waals surface area contributed by atoms with Crippen LogP contribution in [0.1, 0.15) is 17.5 Å². The van der Waals surface area contributed by atoms with Crippen molar-refractivity contribution in [3.05, 3.63) is 47.0 Å². The molecule has 0 aliphatic carbocycles. The number of aryl methyl sites for hydroxylation is 2. The summed E-state index contributed by atoms with van der Waals surface area (Å²) in [5.74, 6) is 0.595. The van der Waals surface area contributed by atoms with Gasteiger partial charge in [-0.2, -0.15) is 0 Å². The Balaban J connectivity index is 0.00000147. The summed E-state index contributed by atoms with van der Waals surface area (Å²) >= 11 is 1.84. The van der Waals surface area contributed by atoms with Crippen LogP contribution >= 0.6 is 23.7 Å². The van der Waals surface area contributed by atoms with Crippen LogP contribution in [0, 0.1) is 6.92 Å². The van der Waals surface area contributed by atoms with Crippen molar-refractivity contribution < 1.29 is 0 Å². The molecule has 3 rings (SSSR count). The Hall–Kier alpha value is -1.58. The molecule has 0 saturated heterocycles. The quantitative estimate of drug-likeness (QED) is 0.736. The minimum Gasteiger partial charge on any atom is -0.384 e. The van der Waals surface area contributed by atoms with Crippen molar-refractivity contribution in [2.24, 2.45) is 0 Å². The summed E-state index contributed by atoms with van der Waals surface area (Å²) in [6.45, 7) is 4.30. The lowest BCUT2D eigenvalue weighted by Gasteiger charge is -2.08. The maximum absolute atomic E-state index is 5.80. The Morgan fingerprint density at radius 3 is 2.65 bits per heavy atom. The molecule has 2 nitrogen and oxygen atoms in total. The van der Waals surface area contributed by atoms with Crippen molar-refractivity contribution in [2.75, 3.05) is 5.73 Å². The van der Waals surface area contributed by atoms with Gasteiger partial charge in [0.1, 0.15) is 5.82 Å². The van der Waals surface area contributed by atoms with Crippen LogP contribution in [-0.2, 0) is 6.42 Å². The number of nitrogens with zero attached hydrogens (tertiary/aromatic N) is 1. The summed E-state index contributed by atoms with van der Waals surface area (Å²) in [7, 11) is 0. The number of thiophene rings is 1. The average molecular weight is 305 g/mol. The van der Waals surface area contributed by atoms with Crippen molar-refractivity contribution in [1.82, 2.24) is 4.98 Å². The van der Waals surface area contributed by atoms with Crippen molar-refractivity contribution in [1.29, 1.82) is 0 Å². The van der Waals surface area contributed by atoms with Gasteiger partial charge in [-0.1, -0.05) is 25.1 Å². The van der Waals surface area contributed by atoms with Gasteiger partial charge in [-0.15, -0.1) is 23.7 Å². The van der Waals surface area contributed by atoms with Crippen LogP contribution in [0.5, 0.6) is 0 Å². The number of nitrogen functional groups attached to an aromatic ring is 1. The Morgan fingerprint density at radius 2 is 1.90 bits per heavy atom. The summed E-state index contributed by atoms with van der Waals surface area (Å²) in [6, 6.07) is 12.5. The van der Waals surface area contributed by atoms with E-state index in [2.05, 4.69) is 49.2 Å². The largest absolute Gasteiger partial charge is 0.384 e. The van der Waals surface area contributed by atoms with Gasteiger partial charge in [0.25, 0.3) is 0 Å². The fourth-order valence-electron chi connectivity index (χ4n) is 2.52. The summed E-state index contributed by atoms with van der Waals surface area (Å²) in [5, 5.41) is 1.31. The predicted molar refractivity (Wildman–Crippen MR) is 90.8 cm³/mol. The van der Waals surface area contributed by atoms with Crippen molar-refractivity contribution in [2.45, 2.75) is 20.3 Å². The molecule has 0 aliphatic heterocycles. The number of pyridine rings is 1. The minimum absolute atomic E-state index is 0. The Morgan fingerprint density at radius 1 is 1.15 bits per heavy atom. The number of hydrogen-bond donors (Lipinski definition) is 1. The summed E-state index contributed by atoms with van der Waals surface area (Å²) in [4.78, 5) is 5.81. The Bertz CT molecular complexity index is 749. The summed E-state index contributed by atoms with van der Waals surface area (Å²) < 4.78 is 1.33. The van der Waals surface area contributed by atoms with Crippen LogP contribution in [0.3, 0.4) is 0 Å². The van der Waals surface area contributed by atoms with E-state index in [1.54, 1.807) is 0 Å². The fraction of sp³-hybridized carbons (Fsp3) is 0.188. The molecule has 0 atom stereocenters. The molecular formula is C16H17ClN2S. The van der Waals surface area contributed by atoms with Gasteiger partial charge in [-0.05, 0) is 31.5 Å². The summed E-state index contributed by atoms with van der Waals surface area (Å²) in [5.41, 5.74) is 9.40. The van der Waals surface area contributed by atoms with Crippen LogP contribution in [-0.4, -0.2) is 4.98 Å². The average Bonchev–Trinajstić information content (AvgIpc) is 2.74. The first-order valence-corrected chi connectivity index (χ1v) is 7.26. The Kier molecular flexibility index (Phi) is 4.31. The van der Waals surface area contributed by atoms with Crippen LogP contribution in [0.4, 0.5) is 5.82 Å². The van der Waals surface area contributed by atoms with Crippen LogP contribution < -0.4 is 5.73 Å². The highest BCUT2D eigenvalue weighted by atomic mass is 35.5. The van der Waals surface area contributed by atoms with E-state index < -0.39 is 0 Å². The second-order valence-corrected chi connectivity index (χ2v) is 5.87. The fourth-order valence-corrected chi connectivity index (χ4v) is 3.60. The number of anilines is 1. The molecule has 0 unspecified atom stereocenters. The number of nitrogens with two attached hydrogens (primary N) is 1. The molecule has 2 N–H and O–H groups in total. The molecule has 0 bridgehead atoms. The standard InChI is InChI=1S/C16H16N2S.ClH/c1-3-13-11(8-9-15(17)18-13)16-10(2)19-14-7-5-4-6-12(14)16;/h4-9H,3H2,1-2H3,(H2,17,18);1H. The maximum Gasteiger partial charge on any atom is 0.123 e. The zero-order valence-electron chi connectivity index (χ0n) is 11.5. The second kappa shape index (κ2) is 5.81. The molecule has 0 radical (unpaired) electrons. The zero-order valence-corrected chi connectivity index (χ0v) is 13.1. The highest BCUT2D eigenvalue weighted by Crippen LogP contribution is 2.39. The molecule has 2 aromatic heterocycles. The normalized spacial score (nSPS) is 10.5. The third-order valence-electron chi connectivity index (χ3n) is 3.37. The summed E-state index contributed by atoms with van der Waals surface area (Å²) in [6.07, 6.45) is 0.893. The lowest BCUT2D eigenvalue weighted by molar-refractivity contribution is 1.05. The van der Waals surface area contributed by atoms with Crippen molar-refractivity contribution in [3.63, 3.8) is 0 Å². The molecule has 2 heterocycles. The minimum atomic E-state index is 0. The number of rotatable bonds is 2. The Labute approximate surface area is 129 Å². The third kappa shape index (κ3) is 2.39. The predicted octanol–water partition coefficient (Wildman–Crippen LogP) is 4.84. The lowest BCUT2D eigenvalue weighted by atomic mass is 9.99. The van der Waals surface area contributed by atoms with Crippen molar-refractivity contribution >= 4 is 39.6 Å². The third-order valence-corrected chi connectivity index (χ3v) is 4.46. The van der Waals surface area contributed by atoms with E-state index in [0.29, 0.717) is 5.82 Å². The van der Waals surface area contributed by atoms with Gasteiger partial charge in [-0.25, -0.2) is 4.98 Å². The van der Waals surface area contributed by atoms with E-state index in [4.69, 9.17) is 5.73 Å². The first-order chi connectivity index (χ1) is 9.20. The van der Waals surface area contributed by atoms with E-state index in [-0.39, 0.29) is 12.4 Å². The van der Waals surface area contributed by atoms with Gasteiger partial charge in [0.05, 0.1) is 5.69 Å². The topological polar surface area (TPSA) is 38.9 Å². The van der Waals surface area contributed by atoms with Crippen molar-refractivity contribution in [3.8, 4) is 11.1 Å². The van der Waals surface area contributed by atoms with Gasteiger partial charge in [0.2, 0.25) is 0 Å². The molecule has 4 heteroatoms. The first kappa shape index (κ1) is 14.8. The van der Waals surface area contributed by atoms with Gasteiger partial charge < -0.3 is 5.73 Å². The van der Waals surface area contributed by atoms with Gasteiger partial charge in [0.15, 0.2) is 0 Å². The molecule has 0 saturated carbocycles. The smallest absolute Gasteiger partial charge is 0.123 e. The molecule has 1 aromatic carbocycles. The molecule has 0 amide bonds. The zero-order chi connectivity index (χ0) is 13.4. The maximum atomic E-state index is 5.80. The number of aromatic nitrogens is 1. The number of halogens is 1. The van der Waals surface area contributed by atoms with E-state index >= 15 is 0 Å². The second-order valence-electron chi connectivity index (χ2n) is 4.61. The molecule has 0 spiro atoms. The number of benzene rings is 1. The van der Waals surface area contributed by atoms with E-state index in [1.165, 1.54) is 26.1 Å². The molecule has 0 fully saturated rings. The highest BCUT2D eigenvalue weighted by molar-refractivity contribution is 7.19. The van der Waals surface area contributed by atoms with E-state index in [1.807, 2.05) is 17.4 Å². The highest BCUT2D eigenvalue weighted by Gasteiger charge is 2.14. The molecule has 20 heavy (non-hydrogen) atoms. The van der Waals surface area contributed by atoms with Crippen LogP contribution in [0.2, 0.25) is 0 Å². The van der Waals surface area contributed by atoms with Gasteiger partial charge >= 0.3 is 0 Å². The monoisotopic (exact) mass is 304 g/mol. The number of hydrogen-bond acceptors (Lipinski definition) is 3. The SMILES string of the molecule is CCc1nc(N)ccc1-c1c(C)sc2ccccc12.Cl. The molecule has 3 aromatic rings. The number of fused-ring (bicyclic) bond motifs is 1. The molecular weight excluding hydrogens is 288 g/mol.